The summed E-state index contributed by atoms with van der Waals surface area (Å²) in [5, 5.41) is 0.331. The van der Waals surface area contributed by atoms with E-state index in [0.717, 1.165) is 11.1 Å². The summed E-state index contributed by atoms with van der Waals surface area (Å²) in [6, 6.07) is 26.4. The van der Waals surface area contributed by atoms with E-state index in [9.17, 15) is 14.0 Å². The van der Waals surface area contributed by atoms with Gasteiger partial charge in [-0.25, -0.2) is 9.18 Å². The third-order valence-electron chi connectivity index (χ3n) is 5.00. The molecule has 0 amide bonds. The predicted octanol–water partition coefficient (Wildman–Crippen LogP) is 7.35. The Labute approximate surface area is 207 Å². The van der Waals surface area contributed by atoms with Crippen LogP contribution in [0.1, 0.15) is 31.8 Å². The van der Waals surface area contributed by atoms with Crippen LogP contribution in [-0.2, 0) is 0 Å². The first-order valence-corrected chi connectivity index (χ1v) is 11.0. The number of carbonyl (C=O) groups is 2. The molecule has 0 aliphatic heterocycles. The largest absolute Gasteiger partial charge is 0.423 e. The number of rotatable bonds is 7. The quantitative estimate of drug-likeness (QED) is 0.0907. The summed E-state index contributed by atoms with van der Waals surface area (Å²) in [5.74, 6) is -0.619. The lowest BCUT2D eigenvalue weighted by Crippen LogP contribution is -2.08. The summed E-state index contributed by atoms with van der Waals surface area (Å²) < 4.78 is 18.3. The monoisotopic (exact) mass is 483 g/mol. The second kappa shape index (κ2) is 11.2. The van der Waals surface area contributed by atoms with Crippen molar-refractivity contribution in [2.24, 2.45) is 4.99 Å². The van der Waals surface area contributed by atoms with Gasteiger partial charge in [0.05, 0.1) is 16.3 Å². The van der Waals surface area contributed by atoms with Crippen molar-refractivity contribution in [3.8, 4) is 5.75 Å². The molecule has 0 heterocycles. The molecule has 0 aliphatic rings. The maximum Gasteiger partial charge on any atom is 0.345 e. The number of hydrogen-bond donors (Lipinski definition) is 0. The van der Waals surface area contributed by atoms with E-state index in [-0.39, 0.29) is 11.6 Å². The number of ether oxygens (including phenoxy) is 1. The maximum absolute atomic E-state index is 13.0. The highest BCUT2D eigenvalue weighted by Gasteiger charge is 2.12. The Hall–Kier alpha value is -4.35. The van der Waals surface area contributed by atoms with Crippen LogP contribution < -0.4 is 4.74 Å². The molecule has 0 unspecified atom stereocenters. The number of hydrogen-bond acceptors (Lipinski definition) is 4. The van der Waals surface area contributed by atoms with Gasteiger partial charge in [-0.15, -0.1) is 0 Å². The van der Waals surface area contributed by atoms with Crippen LogP contribution in [0.25, 0.3) is 6.08 Å². The lowest BCUT2D eigenvalue weighted by atomic mass is 10.1. The van der Waals surface area contributed by atoms with E-state index < -0.39 is 5.97 Å². The number of allylic oxidation sites excluding steroid dienone is 1. The Morgan fingerprint density at radius 2 is 1.46 bits per heavy atom. The van der Waals surface area contributed by atoms with Crippen LogP contribution in [0.2, 0.25) is 5.02 Å². The topological polar surface area (TPSA) is 55.7 Å². The van der Waals surface area contributed by atoms with Crippen LogP contribution in [0, 0.1) is 5.82 Å². The number of nitrogens with zero attached hydrogens (tertiary/aromatic N) is 1. The standard InChI is InChI=1S/C29H19ClFNO3/c30-27-4-2-1-3-26(27)29(34)35-25-16-7-21(8-17-25)19-32-24-14-10-22(11-15-24)28(33)18-9-20-5-12-23(31)13-6-20/h1-19H/b18-9+,32-19?. The van der Waals surface area contributed by atoms with Gasteiger partial charge in [-0.1, -0.05) is 41.9 Å². The minimum absolute atomic E-state index is 0.160. The first-order chi connectivity index (χ1) is 17.0. The van der Waals surface area contributed by atoms with E-state index in [1.807, 2.05) is 0 Å². The van der Waals surface area contributed by atoms with Gasteiger partial charge in [0.2, 0.25) is 0 Å². The summed E-state index contributed by atoms with van der Waals surface area (Å²) in [6.45, 7) is 0. The Morgan fingerprint density at radius 1 is 0.800 bits per heavy atom. The predicted molar refractivity (Wildman–Crippen MR) is 136 cm³/mol. The minimum atomic E-state index is -0.529. The van der Waals surface area contributed by atoms with Gasteiger partial charge in [0, 0.05) is 11.8 Å². The molecule has 4 rings (SSSR count). The second-order valence-electron chi connectivity index (χ2n) is 7.49. The van der Waals surface area contributed by atoms with E-state index in [1.165, 1.54) is 18.2 Å². The van der Waals surface area contributed by atoms with E-state index >= 15 is 0 Å². The zero-order chi connectivity index (χ0) is 24.6. The van der Waals surface area contributed by atoms with Gasteiger partial charge in [-0.2, -0.15) is 0 Å². The van der Waals surface area contributed by atoms with Crippen molar-refractivity contribution in [1.29, 1.82) is 0 Å². The van der Waals surface area contributed by atoms with E-state index in [1.54, 1.807) is 97.2 Å². The first kappa shape index (κ1) is 23.8. The molecule has 4 aromatic carbocycles. The lowest BCUT2D eigenvalue weighted by molar-refractivity contribution is 0.0734. The normalized spacial score (nSPS) is 11.1. The minimum Gasteiger partial charge on any atom is -0.423 e. The highest BCUT2D eigenvalue weighted by atomic mass is 35.5. The van der Waals surface area contributed by atoms with Gasteiger partial charge >= 0.3 is 5.97 Å². The SMILES string of the molecule is O=C(/C=C/c1ccc(F)cc1)c1ccc(N=Cc2ccc(OC(=O)c3ccccc3Cl)cc2)cc1. The Morgan fingerprint density at radius 3 is 2.14 bits per heavy atom. The number of halogens is 2. The average molecular weight is 484 g/mol. The zero-order valence-electron chi connectivity index (χ0n) is 18.4. The molecule has 172 valence electrons. The highest BCUT2D eigenvalue weighted by molar-refractivity contribution is 6.33. The van der Waals surface area contributed by atoms with Crippen molar-refractivity contribution >= 4 is 41.3 Å². The maximum atomic E-state index is 13.0. The molecular weight excluding hydrogens is 465 g/mol. The van der Waals surface area contributed by atoms with E-state index in [2.05, 4.69) is 4.99 Å². The van der Waals surface area contributed by atoms with Crippen LogP contribution >= 0.6 is 11.6 Å². The molecule has 0 saturated heterocycles. The molecule has 0 aromatic heterocycles. The number of benzene rings is 4. The second-order valence-corrected chi connectivity index (χ2v) is 7.90. The van der Waals surface area contributed by atoms with Gasteiger partial charge in [0.15, 0.2) is 5.78 Å². The molecule has 0 atom stereocenters. The molecule has 0 spiro atoms. The zero-order valence-corrected chi connectivity index (χ0v) is 19.2. The van der Waals surface area contributed by atoms with E-state index in [4.69, 9.17) is 16.3 Å². The van der Waals surface area contributed by atoms with Crippen LogP contribution in [0.5, 0.6) is 5.75 Å². The number of aliphatic imine (C=N–C) groups is 1. The van der Waals surface area contributed by atoms with Crippen LogP contribution in [0.4, 0.5) is 10.1 Å². The molecular formula is C29H19ClFNO3. The van der Waals surface area contributed by atoms with Crippen molar-refractivity contribution in [2.45, 2.75) is 0 Å². The summed E-state index contributed by atoms with van der Waals surface area (Å²) in [6.07, 6.45) is 4.76. The van der Waals surface area contributed by atoms with Crippen molar-refractivity contribution in [3.05, 3.63) is 136 Å². The van der Waals surface area contributed by atoms with Crippen molar-refractivity contribution < 1.29 is 18.7 Å². The Balaban J connectivity index is 1.35. The molecule has 0 radical (unpaired) electrons. The summed E-state index contributed by atoms with van der Waals surface area (Å²) >= 11 is 6.03. The molecule has 0 aliphatic carbocycles. The van der Waals surface area contributed by atoms with Crippen LogP contribution in [-0.4, -0.2) is 18.0 Å². The molecule has 4 aromatic rings. The molecule has 0 saturated carbocycles. The third-order valence-corrected chi connectivity index (χ3v) is 5.33. The smallest absolute Gasteiger partial charge is 0.345 e. The fraction of sp³-hybridized carbons (Fsp3) is 0. The Kier molecular flexibility index (Phi) is 7.60. The van der Waals surface area contributed by atoms with Crippen LogP contribution in [0.3, 0.4) is 0 Å². The van der Waals surface area contributed by atoms with Gasteiger partial charge in [0.1, 0.15) is 11.6 Å². The molecule has 6 heteroatoms. The summed E-state index contributed by atoms with van der Waals surface area (Å²) in [7, 11) is 0. The molecule has 0 fully saturated rings. The highest BCUT2D eigenvalue weighted by Crippen LogP contribution is 2.20. The van der Waals surface area contributed by atoms with Crippen molar-refractivity contribution in [2.75, 3.05) is 0 Å². The fourth-order valence-electron chi connectivity index (χ4n) is 3.11. The first-order valence-electron chi connectivity index (χ1n) is 10.7. The molecule has 4 nitrogen and oxygen atoms in total. The van der Waals surface area contributed by atoms with Crippen molar-refractivity contribution in [1.82, 2.24) is 0 Å². The number of carbonyl (C=O) groups excluding carboxylic acids is 2. The van der Waals surface area contributed by atoms with Gasteiger partial charge in [-0.05, 0) is 90.0 Å². The third kappa shape index (κ3) is 6.59. The van der Waals surface area contributed by atoms with Crippen LogP contribution in [0.15, 0.2) is 108 Å². The average Bonchev–Trinajstić information content (AvgIpc) is 2.88. The molecule has 0 N–H and O–H groups in total. The number of esters is 1. The molecule has 35 heavy (non-hydrogen) atoms. The Bertz CT molecular complexity index is 1390. The van der Waals surface area contributed by atoms with Gasteiger partial charge in [0.25, 0.3) is 0 Å². The molecule has 0 bridgehead atoms. The fourth-order valence-corrected chi connectivity index (χ4v) is 3.33. The number of ketones is 1. The summed E-state index contributed by atoms with van der Waals surface area (Å²) in [5.41, 5.74) is 3.05. The lowest BCUT2D eigenvalue weighted by Gasteiger charge is -2.05. The van der Waals surface area contributed by atoms with Gasteiger partial charge in [-0.3, -0.25) is 9.79 Å². The van der Waals surface area contributed by atoms with Gasteiger partial charge < -0.3 is 4.74 Å². The van der Waals surface area contributed by atoms with E-state index in [0.29, 0.717) is 27.6 Å². The van der Waals surface area contributed by atoms with Crippen molar-refractivity contribution in [3.63, 3.8) is 0 Å². The summed E-state index contributed by atoms with van der Waals surface area (Å²) in [4.78, 5) is 29.0.